The van der Waals surface area contributed by atoms with Crippen LogP contribution < -0.4 is 10.6 Å². The van der Waals surface area contributed by atoms with E-state index in [-0.39, 0.29) is 11.8 Å². The van der Waals surface area contributed by atoms with E-state index >= 15 is 0 Å². The predicted molar refractivity (Wildman–Crippen MR) is 91.0 cm³/mol. The van der Waals surface area contributed by atoms with Crippen LogP contribution in [0.25, 0.3) is 5.69 Å². The van der Waals surface area contributed by atoms with Gasteiger partial charge in [0.2, 0.25) is 5.91 Å². The Kier molecular flexibility index (Phi) is 4.94. The molecular formula is C18H18N4O3. The molecule has 2 aromatic heterocycles. The fourth-order valence-corrected chi connectivity index (χ4v) is 2.27. The molecule has 0 bridgehead atoms. The molecule has 0 aliphatic carbocycles. The van der Waals surface area contributed by atoms with Crippen molar-refractivity contribution in [1.29, 1.82) is 0 Å². The number of nitrogens with zero attached hydrogens (tertiary/aromatic N) is 2. The molecule has 1 atom stereocenters. The molecule has 0 aliphatic rings. The van der Waals surface area contributed by atoms with Crippen LogP contribution in [-0.4, -0.2) is 27.6 Å². The lowest BCUT2D eigenvalue weighted by atomic mass is 10.2. The highest BCUT2D eigenvalue weighted by atomic mass is 16.3. The average Bonchev–Trinajstić information content (AvgIpc) is 3.33. The van der Waals surface area contributed by atoms with Crippen molar-refractivity contribution in [2.24, 2.45) is 0 Å². The molecule has 7 nitrogen and oxygen atoms in total. The number of amides is 2. The van der Waals surface area contributed by atoms with Crippen LogP contribution in [-0.2, 0) is 11.3 Å². The van der Waals surface area contributed by atoms with Crippen LogP contribution in [0.3, 0.4) is 0 Å². The Morgan fingerprint density at radius 1 is 1.24 bits per heavy atom. The van der Waals surface area contributed by atoms with Gasteiger partial charge < -0.3 is 15.1 Å². The van der Waals surface area contributed by atoms with Gasteiger partial charge in [0, 0.05) is 18.9 Å². The zero-order chi connectivity index (χ0) is 17.6. The smallest absolute Gasteiger partial charge is 0.255 e. The van der Waals surface area contributed by atoms with Crippen molar-refractivity contribution in [3.63, 3.8) is 0 Å². The molecule has 2 amide bonds. The fourth-order valence-electron chi connectivity index (χ4n) is 2.27. The molecule has 0 spiro atoms. The van der Waals surface area contributed by atoms with Crippen molar-refractivity contribution in [3.05, 3.63) is 72.4 Å². The Labute approximate surface area is 144 Å². The summed E-state index contributed by atoms with van der Waals surface area (Å²) in [6.07, 6.45) is 6.32. The second-order valence-electron chi connectivity index (χ2n) is 5.54. The Morgan fingerprint density at radius 2 is 2.04 bits per heavy atom. The number of carbonyl (C=O) groups is 2. The number of hydrogen-bond acceptors (Lipinski definition) is 4. The summed E-state index contributed by atoms with van der Waals surface area (Å²) in [5.41, 5.74) is 2.28. The standard InChI is InChI=1S/C18H18N4O3/c1-13(21-18(24)15-7-10-25-12-15)17(23)19-11-14-3-5-16(6-4-14)22-9-2-8-20-22/h2-10,12-13H,11H2,1H3,(H,19,23)(H,21,24). The molecule has 128 valence electrons. The van der Waals surface area contributed by atoms with Crippen molar-refractivity contribution < 1.29 is 14.0 Å². The molecule has 0 aliphatic heterocycles. The molecule has 3 aromatic rings. The number of rotatable bonds is 6. The minimum Gasteiger partial charge on any atom is -0.472 e. The third-order valence-electron chi connectivity index (χ3n) is 3.70. The lowest BCUT2D eigenvalue weighted by Crippen LogP contribution is -2.44. The summed E-state index contributed by atoms with van der Waals surface area (Å²) in [4.78, 5) is 24.0. The van der Waals surface area contributed by atoms with Gasteiger partial charge in [0.25, 0.3) is 5.91 Å². The molecule has 0 radical (unpaired) electrons. The molecule has 0 saturated heterocycles. The second-order valence-corrected chi connectivity index (χ2v) is 5.54. The number of hydrogen-bond donors (Lipinski definition) is 2. The first-order valence-corrected chi connectivity index (χ1v) is 7.83. The second kappa shape index (κ2) is 7.48. The first-order valence-electron chi connectivity index (χ1n) is 7.83. The third-order valence-corrected chi connectivity index (χ3v) is 3.70. The summed E-state index contributed by atoms with van der Waals surface area (Å²) < 4.78 is 6.61. The highest BCUT2D eigenvalue weighted by Gasteiger charge is 2.16. The van der Waals surface area contributed by atoms with Gasteiger partial charge in [-0.05, 0) is 36.8 Å². The zero-order valence-corrected chi connectivity index (χ0v) is 13.7. The number of nitrogens with one attached hydrogen (secondary N) is 2. The van der Waals surface area contributed by atoms with Gasteiger partial charge in [-0.2, -0.15) is 5.10 Å². The Balaban J connectivity index is 1.50. The van der Waals surface area contributed by atoms with E-state index in [1.807, 2.05) is 36.5 Å². The highest BCUT2D eigenvalue weighted by Crippen LogP contribution is 2.08. The van der Waals surface area contributed by atoms with Crippen molar-refractivity contribution in [3.8, 4) is 5.69 Å². The summed E-state index contributed by atoms with van der Waals surface area (Å²) >= 11 is 0. The SMILES string of the molecule is CC(NC(=O)c1ccoc1)C(=O)NCc1ccc(-n2cccn2)cc1. The van der Waals surface area contributed by atoms with Crippen LogP contribution in [0.2, 0.25) is 0 Å². The maximum atomic E-state index is 12.1. The monoisotopic (exact) mass is 338 g/mol. The molecule has 2 heterocycles. The molecule has 0 fully saturated rings. The van der Waals surface area contributed by atoms with E-state index in [1.54, 1.807) is 23.9 Å². The largest absolute Gasteiger partial charge is 0.472 e. The van der Waals surface area contributed by atoms with E-state index in [2.05, 4.69) is 15.7 Å². The summed E-state index contributed by atoms with van der Waals surface area (Å²) in [6.45, 7) is 2.01. The van der Waals surface area contributed by atoms with E-state index in [1.165, 1.54) is 12.5 Å². The summed E-state index contributed by atoms with van der Waals surface area (Å²) in [5, 5.41) is 9.59. The molecule has 2 N–H and O–H groups in total. The van der Waals surface area contributed by atoms with Crippen LogP contribution >= 0.6 is 0 Å². The molecule has 25 heavy (non-hydrogen) atoms. The quantitative estimate of drug-likeness (QED) is 0.718. The number of carbonyl (C=O) groups excluding carboxylic acids is 2. The fraction of sp³-hybridized carbons (Fsp3) is 0.167. The van der Waals surface area contributed by atoms with Gasteiger partial charge in [-0.25, -0.2) is 4.68 Å². The van der Waals surface area contributed by atoms with Gasteiger partial charge in [-0.3, -0.25) is 9.59 Å². The van der Waals surface area contributed by atoms with Crippen LogP contribution in [0.4, 0.5) is 0 Å². The van der Waals surface area contributed by atoms with Crippen molar-refractivity contribution in [1.82, 2.24) is 20.4 Å². The van der Waals surface area contributed by atoms with Gasteiger partial charge in [0.15, 0.2) is 0 Å². The molecule has 7 heteroatoms. The lowest BCUT2D eigenvalue weighted by Gasteiger charge is -2.13. The summed E-state index contributed by atoms with van der Waals surface area (Å²) in [6, 6.07) is 10.5. The van der Waals surface area contributed by atoms with Gasteiger partial charge >= 0.3 is 0 Å². The highest BCUT2D eigenvalue weighted by molar-refractivity contribution is 5.97. The van der Waals surface area contributed by atoms with Gasteiger partial charge in [0.05, 0.1) is 17.5 Å². The van der Waals surface area contributed by atoms with Gasteiger partial charge in [0.1, 0.15) is 12.3 Å². The first kappa shape index (κ1) is 16.5. The van der Waals surface area contributed by atoms with Gasteiger partial charge in [-0.1, -0.05) is 12.1 Å². The normalized spacial score (nSPS) is 11.7. The van der Waals surface area contributed by atoms with Crippen molar-refractivity contribution >= 4 is 11.8 Å². The van der Waals surface area contributed by atoms with Crippen molar-refractivity contribution in [2.75, 3.05) is 0 Å². The number of benzene rings is 1. The van der Waals surface area contributed by atoms with E-state index in [0.717, 1.165) is 11.3 Å². The molecule has 0 saturated carbocycles. The summed E-state index contributed by atoms with van der Waals surface area (Å²) in [7, 11) is 0. The topological polar surface area (TPSA) is 89.2 Å². The average molecular weight is 338 g/mol. The Bertz CT molecular complexity index is 824. The Morgan fingerprint density at radius 3 is 2.68 bits per heavy atom. The van der Waals surface area contributed by atoms with Crippen LogP contribution in [0.1, 0.15) is 22.8 Å². The minimum absolute atomic E-state index is 0.256. The molecular weight excluding hydrogens is 320 g/mol. The van der Waals surface area contributed by atoms with E-state index in [0.29, 0.717) is 12.1 Å². The lowest BCUT2D eigenvalue weighted by molar-refractivity contribution is -0.122. The van der Waals surface area contributed by atoms with E-state index < -0.39 is 6.04 Å². The van der Waals surface area contributed by atoms with E-state index in [9.17, 15) is 9.59 Å². The maximum absolute atomic E-state index is 12.1. The van der Waals surface area contributed by atoms with Gasteiger partial charge in [-0.15, -0.1) is 0 Å². The van der Waals surface area contributed by atoms with Crippen LogP contribution in [0.15, 0.2) is 65.7 Å². The first-order chi connectivity index (χ1) is 12.1. The minimum atomic E-state index is -0.647. The third kappa shape index (κ3) is 4.14. The summed E-state index contributed by atoms with van der Waals surface area (Å²) in [5.74, 6) is -0.604. The Hall–Kier alpha value is -3.35. The zero-order valence-electron chi connectivity index (χ0n) is 13.7. The molecule has 1 aromatic carbocycles. The predicted octanol–water partition coefficient (Wildman–Crippen LogP) is 1.90. The molecule has 1 unspecified atom stereocenters. The maximum Gasteiger partial charge on any atom is 0.255 e. The van der Waals surface area contributed by atoms with Crippen LogP contribution in [0, 0.1) is 0 Å². The molecule has 3 rings (SSSR count). The number of furan rings is 1. The van der Waals surface area contributed by atoms with Crippen molar-refractivity contribution in [2.45, 2.75) is 19.5 Å². The van der Waals surface area contributed by atoms with Crippen LogP contribution in [0.5, 0.6) is 0 Å². The van der Waals surface area contributed by atoms with E-state index in [4.69, 9.17) is 4.42 Å². The number of aromatic nitrogens is 2.